The molecule has 0 bridgehead atoms. The number of carboxylic acid groups (broad SMARTS) is 1. The molecule has 0 spiro atoms. The number of carbonyl (C=O) groups excluding carboxylic acids is 2. The van der Waals surface area contributed by atoms with E-state index in [0.717, 1.165) is 4.90 Å². The second-order valence-corrected chi connectivity index (χ2v) is 8.00. The molecule has 1 aliphatic rings. The van der Waals surface area contributed by atoms with Gasteiger partial charge in [-0.2, -0.15) is 0 Å². The van der Waals surface area contributed by atoms with Crippen LogP contribution in [0.25, 0.3) is 6.08 Å². The van der Waals surface area contributed by atoms with Crippen LogP contribution in [0.3, 0.4) is 0 Å². The molecular formula is C22H17IN2O6S. The molecule has 0 radical (unpaired) electrons. The molecule has 164 valence electrons. The minimum atomic E-state index is -1.15. The SMILES string of the molecule is C=CCOc1c(I)cc(C=C2C(=O)NC(=S)N(c3cccc(C(=O)O)c3)C2=O)cc1OC. The molecule has 0 saturated carbocycles. The molecular weight excluding hydrogens is 547 g/mol. The molecule has 32 heavy (non-hydrogen) atoms. The van der Waals surface area contributed by atoms with Crippen LogP contribution in [0.15, 0.2) is 54.6 Å². The van der Waals surface area contributed by atoms with Gasteiger partial charge in [-0.25, -0.2) is 4.79 Å². The predicted octanol–water partition coefficient (Wildman–Crippen LogP) is 3.39. The highest BCUT2D eigenvalue weighted by Crippen LogP contribution is 2.35. The van der Waals surface area contributed by atoms with E-state index in [0.29, 0.717) is 20.6 Å². The summed E-state index contributed by atoms with van der Waals surface area (Å²) in [5, 5.41) is 11.6. The van der Waals surface area contributed by atoms with Crippen molar-refractivity contribution in [2.75, 3.05) is 18.6 Å². The lowest BCUT2D eigenvalue weighted by Crippen LogP contribution is -2.54. The maximum absolute atomic E-state index is 13.2. The van der Waals surface area contributed by atoms with Gasteiger partial charge in [0.05, 0.1) is 21.9 Å². The molecule has 2 N–H and O–H groups in total. The van der Waals surface area contributed by atoms with Gasteiger partial charge in [-0.1, -0.05) is 18.7 Å². The van der Waals surface area contributed by atoms with Crippen molar-refractivity contribution in [2.24, 2.45) is 0 Å². The average molecular weight is 564 g/mol. The second kappa shape index (κ2) is 9.92. The monoisotopic (exact) mass is 564 g/mol. The van der Waals surface area contributed by atoms with Crippen LogP contribution >= 0.6 is 34.8 Å². The van der Waals surface area contributed by atoms with E-state index in [2.05, 4.69) is 34.5 Å². The summed E-state index contributed by atoms with van der Waals surface area (Å²) >= 11 is 7.23. The van der Waals surface area contributed by atoms with Gasteiger partial charge in [0.1, 0.15) is 12.2 Å². The molecule has 0 unspecified atom stereocenters. The van der Waals surface area contributed by atoms with Crippen molar-refractivity contribution in [3.05, 3.63) is 69.3 Å². The summed E-state index contributed by atoms with van der Waals surface area (Å²) in [6.07, 6.45) is 3.02. The van der Waals surface area contributed by atoms with E-state index in [9.17, 15) is 19.5 Å². The van der Waals surface area contributed by atoms with Gasteiger partial charge >= 0.3 is 5.97 Å². The van der Waals surface area contributed by atoms with Crippen LogP contribution in [0.4, 0.5) is 5.69 Å². The van der Waals surface area contributed by atoms with E-state index in [1.165, 1.54) is 37.5 Å². The van der Waals surface area contributed by atoms with Crippen LogP contribution in [-0.4, -0.2) is 41.7 Å². The molecule has 2 amide bonds. The highest BCUT2D eigenvalue weighted by Gasteiger charge is 2.34. The second-order valence-electron chi connectivity index (χ2n) is 6.45. The summed E-state index contributed by atoms with van der Waals surface area (Å²) in [7, 11) is 1.48. The standard InChI is InChI=1S/C22H17IN2O6S/c1-3-7-31-18-16(23)9-12(10-17(18)30-2)8-15-19(26)24-22(32)25(20(15)27)14-6-4-5-13(11-14)21(28)29/h3-6,8-11H,1,7H2,2H3,(H,28,29)(H,24,26,32). The van der Waals surface area contributed by atoms with E-state index in [-0.39, 0.29) is 28.5 Å². The number of amides is 2. The molecule has 0 atom stereocenters. The Morgan fingerprint density at radius 1 is 1.31 bits per heavy atom. The van der Waals surface area contributed by atoms with E-state index in [4.69, 9.17) is 21.7 Å². The molecule has 10 heteroatoms. The number of aromatic carboxylic acids is 1. The minimum absolute atomic E-state index is 0.0186. The number of nitrogens with zero attached hydrogens (tertiary/aromatic N) is 1. The molecule has 2 aromatic carbocycles. The third-order valence-electron chi connectivity index (χ3n) is 4.36. The topological polar surface area (TPSA) is 105 Å². The third kappa shape index (κ3) is 4.81. The van der Waals surface area contributed by atoms with Gasteiger partial charge in [-0.3, -0.25) is 19.8 Å². The first-order valence-corrected chi connectivity index (χ1v) is 10.6. The number of hydrogen-bond donors (Lipinski definition) is 2. The minimum Gasteiger partial charge on any atom is -0.493 e. The van der Waals surface area contributed by atoms with Crippen LogP contribution in [-0.2, 0) is 9.59 Å². The van der Waals surface area contributed by atoms with Crippen molar-refractivity contribution >= 4 is 69.5 Å². The van der Waals surface area contributed by atoms with Crippen molar-refractivity contribution in [3.8, 4) is 11.5 Å². The predicted molar refractivity (Wildman–Crippen MR) is 131 cm³/mol. The fourth-order valence-electron chi connectivity index (χ4n) is 2.94. The van der Waals surface area contributed by atoms with E-state index < -0.39 is 17.8 Å². The molecule has 3 rings (SSSR count). The van der Waals surface area contributed by atoms with Gasteiger partial charge in [0.2, 0.25) is 0 Å². The zero-order valence-corrected chi connectivity index (χ0v) is 19.7. The number of hydrogen-bond acceptors (Lipinski definition) is 6. The molecule has 0 aromatic heterocycles. The Labute approximate surface area is 202 Å². The highest BCUT2D eigenvalue weighted by atomic mass is 127. The number of benzene rings is 2. The summed E-state index contributed by atoms with van der Waals surface area (Å²) in [4.78, 5) is 38.1. The van der Waals surface area contributed by atoms with Crippen LogP contribution in [0.1, 0.15) is 15.9 Å². The summed E-state index contributed by atoms with van der Waals surface area (Å²) in [6.45, 7) is 3.91. The van der Waals surface area contributed by atoms with Gasteiger partial charge < -0.3 is 14.6 Å². The molecule has 1 heterocycles. The number of anilines is 1. The summed E-state index contributed by atoms with van der Waals surface area (Å²) < 4.78 is 11.7. The Kier molecular flexibility index (Phi) is 7.26. The molecule has 2 aromatic rings. The number of carbonyl (C=O) groups is 3. The first-order valence-electron chi connectivity index (χ1n) is 9.12. The van der Waals surface area contributed by atoms with E-state index >= 15 is 0 Å². The fraction of sp³-hybridized carbons (Fsp3) is 0.0909. The zero-order chi connectivity index (χ0) is 23.4. The number of ether oxygens (including phenoxy) is 2. The average Bonchev–Trinajstić information content (AvgIpc) is 2.75. The Balaban J connectivity index is 2.03. The van der Waals surface area contributed by atoms with Crippen LogP contribution in [0, 0.1) is 3.57 Å². The van der Waals surface area contributed by atoms with Gasteiger partial charge in [0.15, 0.2) is 16.6 Å². The normalized spacial score (nSPS) is 14.9. The lowest BCUT2D eigenvalue weighted by atomic mass is 10.1. The van der Waals surface area contributed by atoms with E-state index in [1.807, 2.05) is 0 Å². The Morgan fingerprint density at radius 3 is 2.72 bits per heavy atom. The number of thiocarbonyl (C=S) groups is 1. The summed E-state index contributed by atoms with van der Waals surface area (Å²) in [6, 6.07) is 9.09. The number of carboxylic acids is 1. The largest absolute Gasteiger partial charge is 0.493 e. The molecule has 8 nitrogen and oxygen atoms in total. The summed E-state index contributed by atoms with van der Waals surface area (Å²) in [5.74, 6) is -1.55. The van der Waals surface area contributed by atoms with Crippen molar-refractivity contribution in [3.63, 3.8) is 0 Å². The lowest BCUT2D eigenvalue weighted by molar-refractivity contribution is -0.122. The van der Waals surface area contributed by atoms with Gasteiger partial charge in [-0.15, -0.1) is 0 Å². The highest BCUT2D eigenvalue weighted by molar-refractivity contribution is 14.1. The first kappa shape index (κ1) is 23.4. The smallest absolute Gasteiger partial charge is 0.335 e. The van der Waals surface area contributed by atoms with Crippen molar-refractivity contribution in [2.45, 2.75) is 0 Å². The third-order valence-corrected chi connectivity index (χ3v) is 5.45. The van der Waals surface area contributed by atoms with Gasteiger partial charge in [-0.05, 0) is 76.8 Å². The van der Waals surface area contributed by atoms with Crippen LogP contribution in [0.5, 0.6) is 11.5 Å². The molecule has 1 fully saturated rings. The lowest BCUT2D eigenvalue weighted by Gasteiger charge is -2.29. The molecule has 1 saturated heterocycles. The number of methoxy groups -OCH3 is 1. The maximum Gasteiger partial charge on any atom is 0.335 e. The molecule has 1 aliphatic heterocycles. The molecule has 0 aliphatic carbocycles. The van der Waals surface area contributed by atoms with Crippen molar-refractivity contribution in [1.82, 2.24) is 5.32 Å². The van der Waals surface area contributed by atoms with Crippen molar-refractivity contribution < 1.29 is 29.0 Å². The number of halogens is 1. The van der Waals surface area contributed by atoms with Gasteiger partial charge in [0, 0.05) is 0 Å². The van der Waals surface area contributed by atoms with Crippen molar-refractivity contribution in [1.29, 1.82) is 0 Å². The Morgan fingerprint density at radius 2 is 2.06 bits per heavy atom. The van der Waals surface area contributed by atoms with Gasteiger partial charge in [0.25, 0.3) is 11.8 Å². The van der Waals surface area contributed by atoms with Crippen LogP contribution < -0.4 is 19.7 Å². The number of rotatable bonds is 7. The van der Waals surface area contributed by atoms with E-state index in [1.54, 1.807) is 18.2 Å². The number of nitrogens with one attached hydrogen (secondary N) is 1. The zero-order valence-electron chi connectivity index (χ0n) is 16.8. The van der Waals surface area contributed by atoms with Crippen LogP contribution in [0.2, 0.25) is 0 Å². The Bertz CT molecular complexity index is 1180. The first-order chi connectivity index (χ1) is 15.3. The maximum atomic E-state index is 13.2. The Hall–Kier alpha value is -3.25. The fourth-order valence-corrected chi connectivity index (χ4v) is 4.00. The summed E-state index contributed by atoms with van der Waals surface area (Å²) in [5.41, 5.74) is 0.570. The quantitative estimate of drug-likeness (QED) is 0.175.